The Morgan fingerprint density at radius 3 is 2.86 bits per heavy atom. The second-order valence-electron chi connectivity index (χ2n) is 8.40. The molecule has 0 bridgehead atoms. The van der Waals surface area contributed by atoms with E-state index >= 15 is 0 Å². The van der Waals surface area contributed by atoms with Crippen LogP contribution in [0, 0.1) is 0 Å². The van der Waals surface area contributed by atoms with E-state index in [2.05, 4.69) is 25.8 Å². The SMILES string of the molecule is C[C@](O)(C(=O)Nc1ccc2c(N)noc2c1)[C@H]1OCCN(c2ccn(-c3cnnc(C(N)=O)c3)n2)C1=O. The number of hydrogen-bond acceptors (Lipinski definition) is 11. The molecule has 0 aliphatic carbocycles. The molecule has 1 aliphatic rings. The summed E-state index contributed by atoms with van der Waals surface area (Å²) in [5, 5.41) is 29.6. The molecule has 0 radical (unpaired) electrons. The Morgan fingerprint density at radius 2 is 2.08 bits per heavy atom. The molecule has 2 atom stereocenters. The third-order valence-electron chi connectivity index (χ3n) is 5.83. The number of nitrogen functional groups attached to an aromatic ring is 1. The first kappa shape index (κ1) is 23.8. The molecular formula is C22H21N9O6. The number of aromatic nitrogens is 5. The third kappa shape index (κ3) is 4.32. The maximum Gasteiger partial charge on any atom is 0.269 e. The highest BCUT2D eigenvalue weighted by atomic mass is 16.5. The third-order valence-corrected chi connectivity index (χ3v) is 5.83. The highest BCUT2D eigenvalue weighted by molar-refractivity contribution is 6.06. The number of benzene rings is 1. The van der Waals surface area contributed by atoms with Gasteiger partial charge in [-0.15, -0.1) is 10.2 Å². The number of hydrogen-bond donors (Lipinski definition) is 4. The number of ether oxygens (including phenoxy) is 1. The molecule has 0 saturated carbocycles. The molecule has 5 rings (SSSR count). The molecule has 15 heteroatoms. The lowest BCUT2D eigenvalue weighted by molar-refractivity contribution is -0.165. The lowest BCUT2D eigenvalue weighted by atomic mass is 9.95. The van der Waals surface area contributed by atoms with Gasteiger partial charge in [-0.2, -0.15) is 5.10 Å². The number of primary amides is 1. The first-order valence-corrected chi connectivity index (χ1v) is 11.0. The molecule has 37 heavy (non-hydrogen) atoms. The van der Waals surface area contributed by atoms with Crippen molar-refractivity contribution in [3.63, 3.8) is 0 Å². The number of fused-ring (bicyclic) bond motifs is 1. The van der Waals surface area contributed by atoms with Crippen molar-refractivity contribution in [3.05, 3.63) is 48.4 Å². The molecule has 6 N–H and O–H groups in total. The first-order valence-electron chi connectivity index (χ1n) is 11.0. The number of aliphatic hydroxyl groups is 1. The summed E-state index contributed by atoms with van der Waals surface area (Å²) in [6, 6.07) is 7.61. The second-order valence-corrected chi connectivity index (χ2v) is 8.40. The van der Waals surface area contributed by atoms with Crippen molar-refractivity contribution in [2.75, 3.05) is 29.1 Å². The number of nitrogens with zero attached hydrogens (tertiary/aromatic N) is 6. The van der Waals surface area contributed by atoms with Gasteiger partial charge in [-0.1, -0.05) is 5.16 Å². The average molecular weight is 507 g/mol. The fourth-order valence-electron chi connectivity index (χ4n) is 3.83. The number of rotatable bonds is 6. The minimum Gasteiger partial charge on any atom is -0.380 e. The van der Waals surface area contributed by atoms with Crippen LogP contribution in [0.1, 0.15) is 17.4 Å². The molecule has 0 spiro atoms. The topological polar surface area (TPSA) is 218 Å². The smallest absolute Gasteiger partial charge is 0.269 e. The van der Waals surface area contributed by atoms with Gasteiger partial charge in [-0.3, -0.25) is 19.3 Å². The average Bonchev–Trinajstić information content (AvgIpc) is 3.51. The van der Waals surface area contributed by atoms with E-state index in [1.54, 1.807) is 24.4 Å². The van der Waals surface area contributed by atoms with Crippen LogP contribution < -0.4 is 21.7 Å². The zero-order valence-corrected chi connectivity index (χ0v) is 19.4. The van der Waals surface area contributed by atoms with Crippen molar-refractivity contribution >= 4 is 46.0 Å². The molecular weight excluding hydrogens is 486 g/mol. The standard InChI is InChI=1S/C22H21N9O6/c1-22(35,21(34)26-11-2-3-13-15(8-11)37-29-18(13)23)17-20(33)30(6-7-36-17)16-4-5-31(28-16)12-9-14(19(24)32)27-25-10-12/h2-5,8-10,17,35H,6-7H2,1H3,(H2,23,29)(H2,24,32)(H,26,34)/t17-,22+/m0/s1. The van der Waals surface area contributed by atoms with Crippen LogP contribution in [-0.2, 0) is 14.3 Å². The van der Waals surface area contributed by atoms with Gasteiger partial charge in [-0.05, 0) is 25.1 Å². The minimum absolute atomic E-state index is 0.0403. The summed E-state index contributed by atoms with van der Waals surface area (Å²) >= 11 is 0. The Kier molecular flexibility index (Phi) is 5.77. The van der Waals surface area contributed by atoms with Crippen LogP contribution in [0.25, 0.3) is 16.7 Å². The molecule has 1 aromatic carbocycles. The van der Waals surface area contributed by atoms with Gasteiger partial charge in [0.25, 0.3) is 17.7 Å². The van der Waals surface area contributed by atoms with E-state index in [0.29, 0.717) is 22.3 Å². The summed E-state index contributed by atoms with van der Waals surface area (Å²) in [4.78, 5) is 39.0. The fourth-order valence-corrected chi connectivity index (χ4v) is 3.83. The van der Waals surface area contributed by atoms with Gasteiger partial charge in [0.15, 0.2) is 34.6 Å². The number of nitrogens with one attached hydrogen (secondary N) is 1. The van der Waals surface area contributed by atoms with E-state index in [0.717, 1.165) is 0 Å². The van der Waals surface area contributed by atoms with E-state index in [-0.39, 0.29) is 30.5 Å². The monoisotopic (exact) mass is 507 g/mol. The predicted molar refractivity (Wildman–Crippen MR) is 127 cm³/mol. The van der Waals surface area contributed by atoms with Crippen molar-refractivity contribution in [2.45, 2.75) is 18.6 Å². The zero-order chi connectivity index (χ0) is 26.3. The van der Waals surface area contributed by atoms with Crippen LogP contribution in [0.15, 0.2) is 47.2 Å². The molecule has 4 aromatic rings. The van der Waals surface area contributed by atoms with Gasteiger partial charge in [0.05, 0.1) is 30.4 Å². The minimum atomic E-state index is -2.24. The van der Waals surface area contributed by atoms with Gasteiger partial charge in [0.2, 0.25) is 0 Å². The summed E-state index contributed by atoms with van der Waals surface area (Å²) in [7, 11) is 0. The van der Waals surface area contributed by atoms with Crippen LogP contribution in [0.4, 0.5) is 17.3 Å². The number of carbonyl (C=O) groups excluding carboxylic acids is 3. The Hall–Kier alpha value is -4.89. The van der Waals surface area contributed by atoms with E-state index < -0.39 is 29.4 Å². The van der Waals surface area contributed by atoms with Crippen molar-refractivity contribution in [1.29, 1.82) is 0 Å². The normalized spacial score (nSPS) is 17.5. The van der Waals surface area contributed by atoms with Crippen molar-refractivity contribution in [2.24, 2.45) is 5.73 Å². The molecule has 1 fully saturated rings. The quantitative estimate of drug-likeness (QED) is 0.263. The number of anilines is 3. The Labute approximate surface area is 208 Å². The summed E-state index contributed by atoms with van der Waals surface area (Å²) in [6.07, 6.45) is 1.40. The van der Waals surface area contributed by atoms with Gasteiger partial charge < -0.3 is 31.2 Å². The summed E-state index contributed by atoms with van der Waals surface area (Å²) in [5.74, 6) is -1.84. The highest BCUT2D eigenvalue weighted by Crippen LogP contribution is 2.27. The number of morpholine rings is 1. The van der Waals surface area contributed by atoms with Crippen LogP contribution in [0.3, 0.4) is 0 Å². The summed E-state index contributed by atoms with van der Waals surface area (Å²) in [5.41, 5.74) is 9.70. The largest absolute Gasteiger partial charge is 0.380 e. The molecule has 1 aliphatic heterocycles. The lowest BCUT2D eigenvalue weighted by Gasteiger charge is -2.37. The van der Waals surface area contributed by atoms with E-state index in [1.165, 1.54) is 34.8 Å². The van der Waals surface area contributed by atoms with E-state index in [1.807, 2.05) is 0 Å². The number of amides is 3. The molecule has 3 amide bonds. The van der Waals surface area contributed by atoms with Crippen molar-refractivity contribution in [1.82, 2.24) is 25.1 Å². The first-order chi connectivity index (χ1) is 17.6. The molecule has 3 aromatic heterocycles. The molecule has 4 heterocycles. The zero-order valence-electron chi connectivity index (χ0n) is 19.4. The number of carbonyl (C=O) groups is 3. The van der Waals surface area contributed by atoms with Crippen molar-refractivity contribution in [3.8, 4) is 5.69 Å². The van der Waals surface area contributed by atoms with E-state index in [4.69, 9.17) is 20.7 Å². The van der Waals surface area contributed by atoms with Crippen molar-refractivity contribution < 1.29 is 28.8 Å². The maximum absolute atomic E-state index is 13.3. The number of nitrogens with two attached hydrogens (primary N) is 2. The Morgan fingerprint density at radius 1 is 1.27 bits per heavy atom. The van der Waals surface area contributed by atoms with Gasteiger partial charge in [0, 0.05) is 24.0 Å². The van der Waals surface area contributed by atoms with Gasteiger partial charge in [0.1, 0.15) is 0 Å². The molecule has 190 valence electrons. The van der Waals surface area contributed by atoms with Gasteiger partial charge >= 0.3 is 0 Å². The van der Waals surface area contributed by atoms with Crippen LogP contribution in [-0.4, -0.2) is 72.8 Å². The van der Waals surface area contributed by atoms with Crippen LogP contribution in [0.2, 0.25) is 0 Å². The Balaban J connectivity index is 1.34. The molecule has 15 nitrogen and oxygen atoms in total. The Bertz CT molecular complexity index is 1530. The maximum atomic E-state index is 13.3. The molecule has 1 saturated heterocycles. The lowest BCUT2D eigenvalue weighted by Crippen LogP contribution is -2.61. The fraction of sp³-hybridized carbons (Fsp3) is 0.227. The highest BCUT2D eigenvalue weighted by Gasteiger charge is 2.49. The van der Waals surface area contributed by atoms with Crippen LogP contribution in [0.5, 0.6) is 0 Å². The summed E-state index contributed by atoms with van der Waals surface area (Å²) < 4.78 is 12.0. The molecule has 0 unspecified atom stereocenters. The van der Waals surface area contributed by atoms with E-state index in [9.17, 15) is 19.5 Å². The predicted octanol–water partition coefficient (Wildman–Crippen LogP) is -0.394. The summed E-state index contributed by atoms with van der Waals surface area (Å²) in [6.45, 7) is 1.36. The second kappa shape index (κ2) is 8.96. The van der Waals surface area contributed by atoms with Crippen LogP contribution >= 0.6 is 0 Å². The van der Waals surface area contributed by atoms with Gasteiger partial charge in [-0.25, -0.2) is 4.68 Å².